The lowest BCUT2D eigenvalue weighted by molar-refractivity contribution is -0.108. The Hall–Kier alpha value is -2.67. The first-order valence-electron chi connectivity index (χ1n) is 10.8. The molecular weight excluding hydrogens is 456 g/mol. The van der Waals surface area contributed by atoms with Crippen molar-refractivity contribution in [2.24, 2.45) is 0 Å². The largest absolute Gasteiger partial charge is 0.457 e. The molecule has 0 saturated carbocycles. The molecule has 0 aromatic heterocycles. The molecule has 2 atom stereocenters. The van der Waals surface area contributed by atoms with E-state index in [1.54, 1.807) is 51.9 Å². The van der Waals surface area contributed by atoms with Crippen LogP contribution >= 0.6 is 11.6 Å². The van der Waals surface area contributed by atoms with Crippen LogP contribution in [0.4, 0.5) is 5.69 Å². The molecule has 0 fully saturated rings. The van der Waals surface area contributed by atoms with E-state index >= 15 is 0 Å². The minimum atomic E-state index is -1.28. The topological polar surface area (TPSA) is 49.9 Å². The van der Waals surface area contributed by atoms with Gasteiger partial charge in [-0.05, 0) is 65.6 Å². The van der Waals surface area contributed by atoms with Crippen LogP contribution in [0.3, 0.4) is 0 Å². The molecule has 0 aliphatic carbocycles. The summed E-state index contributed by atoms with van der Waals surface area (Å²) < 4.78 is 20.3. The third-order valence-corrected chi connectivity index (χ3v) is 6.72. The second kappa shape index (κ2) is 11.5. The highest BCUT2D eigenvalue weighted by Gasteiger charge is 2.29. The van der Waals surface area contributed by atoms with E-state index in [1.165, 1.54) is 0 Å². The molecule has 7 heteroatoms. The van der Waals surface area contributed by atoms with Crippen molar-refractivity contribution >= 4 is 34.7 Å². The maximum absolute atomic E-state index is 12.6. The van der Waals surface area contributed by atoms with E-state index < -0.39 is 17.2 Å². The predicted molar refractivity (Wildman–Crippen MR) is 136 cm³/mol. The van der Waals surface area contributed by atoms with Crippen molar-refractivity contribution in [2.45, 2.75) is 32.9 Å². The first kappa shape index (κ1) is 25.0. The summed E-state index contributed by atoms with van der Waals surface area (Å²) in [6.07, 6.45) is 1.91. The molecule has 33 heavy (non-hydrogen) atoms. The highest BCUT2D eigenvalue weighted by Crippen LogP contribution is 2.33. The Kier molecular flexibility index (Phi) is 8.67. The van der Waals surface area contributed by atoms with Gasteiger partial charge >= 0.3 is 0 Å². The smallest absolute Gasteiger partial charge is 0.215 e. The minimum Gasteiger partial charge on any atom is -0.457 e. The fourth-order valence-electron chi connectivity index (χ4n) is 3.62. The van der Waals surface area contributed by atoms with Gasteiger partial charge in [0.2, 0.25) is 6.41 Å². The third-order valence-electron chi connectivity index (χ3n) is 5.35. The van der Waals surface area contributed by atoms with Gasteiger partial charge in [-0.15, -0.1) is 0 Å². The number of benzene rings is 3. The van der Waals surface area contributed by atoms with Crippen molar-refractivity contribution in [3.05, 3.63) is 88.9 Å². The number of hydrogen-bond acceptors (Lipinski definition) is 3. The molecule has 2 unspecified atom stereocenters. The second-order valence-electron chi connectivity index (χ2n) is 7.92. The van der Waals surface area contributed by atoms with Crippen LogP contribution in [-0.4, -0.2) is 27.7 Å². The number of halogens is 1. The van der Waals surface area contributed by atoms with E-state index in [1.807, 2.05) is 31.2 Å². The minimum absolute atomic E-state index is 0.335. The molecular formula is C26H29ClN2O3S. The van der Waals surface area contributed by atoms with Crippen LogP contribution < -0.4 is 9.64 Å². The summed E-state index contributed by atoms with van der Waals surface area (Å²) in [5.74, 6) is 1.64. The number of hydrogen-bond donors (Lipinski definition) is 0. The zero-order valence-electron chi connectivity index (χ0n) is 19.3. The standard InChI is InChI=1S/C26H29ClN2O3S/c1-5-29(33(4)31)26(21-8-6-7-20(17-21)19(2)3)28(18-30)23-11-15-25(16-12-23)32-24-13-9-22(27)10-14-24/h6-19,26H,5H2,1-4H3. The number of nitrogens with zero attached hydrogens (tertiary/aromatic N) is 2. The van der Waals surface area contributed by atoms with Gasteiger partial charge in [0, 0.05) is 23.5 Å². The Morgan fingerprint density at radius 3 is 2.06 bits per heavy atom. The Morgan fingerprint density at radius 2 is 1.55 bits per heavy atom. The molecule has 3 aromatic rings. The molecule has 0 spiro atoms. The summed E-state index contributed by atoms with van der Waals surface area (Å²) in [6, 6.07) is 22.5. The second-order valence-corrected chi connectivity index (χ2v) is 9.67. The molecule has 1 amide bonds. The van der Waals surface area contributed by atoms with Crippen LogP contribution in [0.15, 0.2) is 72.8 Å². The molecule has 3 rings (SSSR count). The number of carbonyl (C=O) groups excluding carboxylic acids is 1. The summed E-state index contributed by atoms with van der Waals surface area (Å²) >= 11 is 5.93. The van der Waals surface area contributed by atoms with E-state index in [4.69, 9.17) is 16.3 Å². The first-order chi connectivity index (χ1) is 15.8. The van der Waals surface area contributed by atoms with Crippen LogP contribution in [0.5, 0.6) is 11.5 Å². The van der Waals surface area contributed by atoms with Crippen LogP contribution in [0.25, 0.3) is 0 Å². The fraction of sp³-hybridized carbons (Fsp3) is 0.269. The molecule has 0 saturated heterocycles. The van der Waals surface area contributed by atoms with E-state index in [2.05, 4.69) is 26.0 Å². The summed E-state index contributed by atoms with van der Waals surface area (Å²) in [5, 5.41) is 0.640. The Bertz CT molecular complexity index is 1090. The van der Waals surface area contributed by atoms with Crippen LogP contribution in [-0.2, 0) is 15.8 Å². The lowest BCUT2D eigenvalue weighted by atomic mass is 9.99. The van der Waals surface area contributed by atoms with Crippen molar-refractivity contribution in [3.8, 4) is 11.5 Å². The number of amides is 1. The van der Waals surface area contributed by atoms with Gasteiger partial charge in [0.1, 0.15) is 17.7 Å². The molecule has 0 heterocycles. The van der Waals surface area contributed by atoms with Crippen molar-refractivity contribution in [3.63, 3.8) is 0 Å². The molecule has 0 bridgehead atoms. The Labute approximate surface area is 203 Å². The fourth-order valence-corrected chi connectivity index (χ4v) is 4.62. The normalized spacial score (nSPS) is 13.1. The molecule has 0 aliphatic heterocycles. The summed E-state index contributed by atoms with van der Waals surface area (Å²) in [5.41, 5.74) is 2.75. The van der Waals surface area contributed by atoms with E-state index in [0.717, 1.165) is 17.5 Å². The summed E-state index contributed by atoms with van der Waals surface area (Å²) in [7, 11) is -1.28. The lowest BCUT2D eigenvalue weighted by Gasteiger charge is -2.36. The predicted octanol–water partition coefficient (Wildman–Crippen LogP) is 6.53. The zero-order valence-corrected chi connectivity index (χ0v) is 20.8. The van der Waals surface area contributed by atoms with E-state index in [9.17, 15) is 9.00 Å². The van der Waals surface area contributed by atoms with Crippen LogP contribution in [0.1, 0.15) is 44.0 Å². The molecule has 0 N–H and O–H groups in total. The van der Waals surface area contributed by atoms with Crippen molar-refractivity contribution in [2.75, 3.05) is 17.7 Å². The molecule has 0 radical (unpaired) electrons. The average Bonchev–Trinajstić information content (AvgIpc) is 2.81. The van der Waals surface area contributed by atoms with Gasteiger partial charge in [-0.3, -0.25) is 9.69 Å². The van der Waals surface area contributed by atoms with E-state index in [0.29, 0.717) is 34.7 Å². The van der Waals surface area contributed by atoms with Gasteiger partial charge in [-0.2, -0.15) is 4.31 Å². The molecule has 0 aliphatic rings. The van der Waals surface area contributed by atoms with Gasteiger partial charge in [0.15, 0.2) is 0 Å². The van der Waals surface area contributed by atoms with Crippen molar-refractivity contribution in [1.82, 2.24) is 4.31 Å². The molecule has 5 nitrogen and oxygen atoms in total. The van der Waals surface area contributed by atoms with Crippen molar-refractivity contribution < 1.29 is 13.7 Å². The highest BCUT2D eigenvalue weighted by atomic mass is 35.5. The van der Waals surface area contributed by atoms with E-state index in [-0.39, 0.29) is 0 Å². The van der Waals surface area contributed by atoms with Crippen LogP contribution in [0, 0.1) is 0 Å². The van der Waals surface area contributed by atoms with Gasteiger partial charge < -0.3 is 4.74 Å². The quantitative estimate of drug-likeness (QED) is 0.243. The van der Waals surface area contributed by atoms with Crippen LogP contribution in [0.2, 0.25) is 5.02 Å². The average molecular weight is 485 g/mol. The monoisotopic (exact) mass is 484 g/mol. The summed E-state index contributed by atoms with van der Waals surface area (Å²) in [4.78, 5) is 14.0. The third kappa shape index (κ3) is 6.22. The maximum atomic E-state index is 12.6. The summed E-state index contributed by atoms with van der Waals surface area (Å²) in [6.45, 7) is 6.70. The number of ether oxygens (including phenoxy) is 1. The van der Waals surface area contributed by atoms with Gasteiger partial charge in [0.05, 0.1) is 11.0 Å². The highest BCUT2D eigenvalue weighted by molar-refractivity contribution is 7.81. The lowest BCUT2D eigenvalue weighted by Crippen LogP contribution is -2.42. The zero-order chi connectivity index (χ0) is 24.0. The van der Waals surface area contributed by atoms with Gasteiger partial charge in [-0.1, -0.05) is 56.6 Å². The number of carbonyl (C=O) groups is 1. The first-order valence-corrected chi connectivity index (χ1v) is 12.7. The van der Waals surface area contributed by atoms with Gasteiger partial charge in [0.25, 0.3) is 0 Å². The number of rotatable bonds is 10. The number of anilines is 1. The molecule has 3 aromatic carbocycles. The Morgan fingerprint density at radius 1 is 0.970 bits per heavy atom. The molecule has 174 valence electrons. The maximum Gasteiger partial charge on any atom is 0.215 e. The van der Waals surface area contributed by atoms with Crippen molar-refractivity contribution in [1.29, 1.82) is 0 Å². The SMILES string of the molecule is CCN(C(c1cccc(C(C)C)c1)N(C=O)c1ccc(Oc2ccc(Cl)cc2)cc1)S(C)=O. The van der Waals surface area contributed by atoms with Gasteiger partial charge in [-0.25, -0.2) is 4.21 Å². The Balaban J connectivity index is 1.96.